The first-order valence-corrected chi connectivity index (χ1v) is 5.62. The Hall–Kier alpha value is -1.38. The van der Waals surface area contributed by atoms with E-state index < -0.39 is 0 Å². The van der Waals surface area contributed by atoms with Crippen LogP contribution in [0.1, 0.15) is 33.3 Å². The van der Waals surface area contributed by atoms with Gasteiger partial charge in [0.1, 0.15) is 0 Å². The first kappa shape index (κ1) is 12.7. The number of pyridine rings is 1. The third-order valence-corrected chi connectivity index (χ3v) is 3.20. The van der Waals surface area contributed by atoms with E-state index >= 15 is 0 Å². The van der Waals surface area contributed by atoms with Crippen LogP contribution in [-0.2, 0) is 11.3 Å². The second-order valence-electron chi connectivity index (χ2n) is 4.92. The van der Waals surface area contributed by atoms with Crippen LogP contribution < -0.4 is 5.32 Å². The van der Waals surface area contributed by atoms with Crippen molar-refractivity contribution in [1.82, 2.24) is 10.3 Å². The lowest BCUT2D eigenvalue weighted by molar-refractivity contribution is -0.131. The SMILES string of the molecule is CC(C)C(C)(C)C(=O)NCc1cccnc1. The van der Waals surface area contributed by atoms with Gasteiger partial charge in [-0.1, -0.05) is 33.8 Å². The molecule has 3 nitrogen and oxygen atoms in total. The molecule has 0 aliphatic rings. The summed E-state index contributed by atoms with van der Waals surface area (Å²) in [6.45, 7) is 8.60. The smallest absolute Gasteiger partial charge is 0.226 e. The molecule has 1 rings (SSSR count). The molecule has 0 radical (unpaired) electrons. The Labute approximate surface area is 97.3 Å². The molecule has 0 spiro atoms. The molecule has 0 bridgehead atoms. The Morgan fingerprint density at radius 2 is 2.19 bits per heavy atom. The lowest BCUT2D eigenvalue weighted by Crippen LogP contribution is -2.39. The summed E-state index contributed by atoms with van der Waals surface area (Å²) in [6, 6.07) is 3.82. The molecule has 3 heteroatoms. The molecule has 1 amide bonds. The number of carbonyl (C=O) groups excluding carboxylic acids is 1. The molecular weight excluding hydrogens is 200 g/mol. The summed E-state index contributed by atoms with van der Waals surface area (Å²) in [5.74, 6) is 0.410. The van der Waals surface area contributed by atoms with Crippen molar-refractivity contribution in [2.45, 2.75) is 34.2 Å². The second-order valence-corrected chi connectivity index (χ2v) is 4.92. The summed E-state index contributed by atoms with van der Waals surface area (Å²) in [5.41, 5.74) is 0.692. The number of rotatable bonds is 4. The van der Waals surface area contributed by atoms with E-state index in [0.717, 1.165) is 5.56 Å². The third kappa shape index (κ3) is 3.05. The molecule has 0 aliphatic carbocycles. The van der Waals surface area contributed by atoms with Gasteiger partial charge in [0.25, 0.3) is 0 Å². The van der Waals surface area contributed by atoms with Gasteiger partial charge in [0.15, 0.2) is 0 Å². The van der Waals surface area contributed by atoms with E-state index in [1.807, 2.05) is 26.0 Å². The minimum Gasteiger partial charge on any atom is -0.351 e. The molecule has 0 aliphatic heterocycles. The molecule has 1 heterocycles. The van der Waals surface area contributed by atoms with Crippen LogP contribution in [0.25, 0.3) is 0 Å². The number of nitrogens with one attached hydrogen (secondary N) is 1. The highest BCUT2D eigenvalue weighted by molar-refractivity contribution is 5.81. The van der Waals surface area contributed by atoms with Gasteiger partial charge in [-0.3, -0.25) is 9.78 Å². The molecule has 0 atom stereocenters. The number of carbonyl (C=O) groups is 1. The lowest BCUT2D eigenvalue weighted by Gasteiger charge is -2.27. The highest BCUT2D eigenvalue weighted by Crippen LogP contribution is 2.25. The average Bonchev–Trinajstić information content (AvgIpc) is 2.27. The topological polar surface area (TPSA) is 42.0 Å². The van der Waals surface area contributed by atoms with E-state index in [-0.39, 0.29) is 11.3 Å². The normalized spacial score (nSPS) is 11.6. The van der Waals surface area contributed by atoms with Crippen molar-refractivity contribution in [2.75, 3.05) is 0 Å². The molecule has 0 fully saturated rings. The Kier molecular flexibility index (Phi) is 4.05. The summed E-state index contributed by atoms with van der Waals surface area (Å²) >= 11 is 0. The minimum atomic E-state index is -0.331. The van der Waals surface area contributed by atoms with E-state index in [4.69, 9.17) is 0 Å². The standard InChI is InChI=1S/C13H20N2O/c1-10(2)13(3,4)12(16)15-9-11-6-5-7-14-8-11/h5-8,10H,9H2,1-4H3,(H,15,16). The maximum Gasteiger partial charge on any atom is 0.226 e. The zero-order valence-electron chi connectivity index (χ0n) is 10.4. The molecule has 0 aromatic carbocycles. The van der Waals surface area contributed by atoms with Gasteiger partial charge in [-0.05, 0) is 17.5 Å². The van der Waals surface area contributed by atoms with E-state index in [0.29, 0.717) is 12.5 Å². The van der Waals surface area contributed by atoms with Crippen molar-refractivity contribution in [1.29, 1.82) is 0 Å². The van der Waals surface area contributed by atoms with E-state index in [1.165, 1.54) is 0 Å². The summed E-state index contributed by atoms with van der Waals surface area (Å²) in [5, 5.41) is 2.94. The molecular formula is C13H20N2O. The van der Waals surface area contributed by atoms with Gasteiger partial charge in [-0.2, -0.15) is 0 Å². The fraction of sp³-hybridized carbons (Fsp3) is 0.538. The fourth-order valence-corrected chi connectivity index (χ4v) is 1.18. The number of amides is 1. The van der Waals surface area contributed by atoms with E-state index in [1.54, 1.807) is 12.4 Å². The van der Waals surface area contributed by atoms with E-state index in [2.05, 4.69) is 24.1 Å². The minimum absolute atomic E-state index is 0.0892. The molecule has 0 saturated heterocycles. The molecule has 1 aromatic heterocycles. The first-order valence-electron chi connectivity index (χ1n) is 5.62. The number of aromatic nitrogens is 1. The van der Waals surface area contributed by atoms with E-state index in [9.17, 15) is 4.79 Å². The molecule has 88 valence electrons. The van der Waals surface area contributed by atoms with Crippen LogP contribution in [0.15, 0.2) is 24.5 Å². The number of hydrogen-bond donors (Lipinski definition) is 1. The zero-order chi connectivity index (χ0) is 12.2. The zero-order valence-corrected chi connectivity index (χ0v) is 10.4. The van der Waals surface area contributed by atoms with Gasteiger partial charge >= 0.3 is 0 Å². The maximum atomic E-state index is 11.9. The Balaban J connectivity index is 2.54. The predicted molar refractivity (Wildman–Crippen MR) is 64.7 cm³/mol. The van der Waals surface area contributed by atoms with Crippen molar-refractivity contribution >= 4 is 5.91 Å². The number of hydrogen-bond acceptors (Lipinski definition) is 2. The molecule has 1 aromatic rings. The summed E-state index contributed by atoms with van der Waals surface area (Å²) < 4.78 is 0. The number of nitrogens with zero attached hydrogens (tertiary/aromatic N) is 1. The summed E-state index contributed by atoms with van der Waals surface area (Å²) in [4.78, 5) is 16.0. The van der Waals surface area contributed by atoms with Gasteiger partial charge in [0.2, 0.25) is 5.91 Å². The van der Waals surface area contributed by atoms with Crippen LogP contribution in [0.5, 0.6) is 0 Å². The van der Waals surface area contributed by atoms with Crippen LogP contribution in [0.4, 0.5) is 0 Å². The molecule has 0 saturated carbocycles. The quantitative estimate of drug-likeness (QED) is 0.846. The van der Waals surface area contributed by atoms with Crippen LogP contribution in [-0.4, -0.2) is 10.9 Å². The Morgan fingerprint density at radius 3 is 2.69 bits per heavy atom. The van der Waals surface area contributed by atoms with Crippen molar-refractivity contribution in [3.8, 4) is 0 Å². The lowest BCUT2D eigenvalue weighted by atomic mass is 9.80. The second kappa shape index (κ2) is 5.10. The van der Waals surface area contributed by atoms with Crippen molar-refractivity contribution in [3.05, 3.63) is 30.1 Å². The van der Waals surface area contributed by atoms with Gasteiger partial charge < -0.3 is 5.32 Å². The van der Waals surface area contributed by atoms with Crippen molar-refractivity contribution in [2.24, 2.45) is 11.3 Å². The first-order chi connectivity index (χ1) is 7.44. The largest absolute Gasteiger partial charge is 0.351 e. The fourth-order valence-electron chi connectivity index (χ4n) is 1.18. The highest BCUT2D eigenvalue weighted by Gasteiger charge is 2.30. The molecule has 0 unspecified atom stereocenters. The van der Waals surface area contributed by atoms with Crippen molar-refractivity contribution < 1.29 is 4.79 Å². The monoisotopic (exact) mass is 220 g/mol. The maximum absolute atomic E-state index is 11.9. The average molecular weight is 220 g/mol. The van der Waals surface area contributed by atoms with Gasteiger partial charge in [-0.25, -0.2) is 0 Å². The Bertz CT molecular complexity index is 344. The highest BCUT2D eigenvalue weighted by atomic mass is 16.2. The van der Waals surface area contributed by atoms with Crippen LogP contribution in [0, 0.1) is 11.3 Å². The summed E-state index contributed by atoms with van der Waals surface area (Å²) in [7, 11) is 0. The van der Waals surface area contributed by atoms with Gasteiger partial charge in [0, 0.05) is 24.4 Å². The predicted octanol–water partition coefficient (Wildman–Crippen LogP) is 2.38. The van der Waals surface area contributed by atoms with Gasteiger partial charge in [0.05, 0.1) is 0 Å². The van der Waals surface area contributed by atoms with Crippen LogP contribution >= 0.6 is 0 Å². The Morgan fingerprint density at radius 1 is 1.50 bits per heavy atom. The molecule has 16 heavy (non-hydrogen) atoms. The van der Waals surface area contributed by atoms with Crippen LogP contribution in [0.2, 0.25) is 0 Å². The van der Waals surface area contributed by atoms with Crippen LogP contribution in [0.3, 0.4) is 0 Å². The summed E-state index contributed by atoms with van der Waals surface area (Å²) in [6.07, 6.45) is 3.49. The van der Waals surface area contributed by atoms with Crippen molar-refractivity contribution in [3.63, 3.8) is 0 Å². The van der Waals surface area contributed by atoms with Gasteiger partial charge in [-0.15, -0.1) is 0 Å². The third-order valence-electron chi connectivity index (χ3n) is 3.20. The molecule has 1 N–H and O–H groups in total.